The van der Waals surface area contributed by atoms with Crippen LogP contribution < -0.4 is 0 Å². The van der Waals surface area contributed by atoms with E-state index in [1.165, 1.54) is 55.7 Å². The van der Waals surface area contributed by atoms with E-state index >= 15 is 0 Å². The summed E-state index contributed by atoms with van der Waals surface area (Å²) < 4.78 is 3.53. The van der Waals surface area contributed by atoms with E-state index in [9.17, 15) is 0 Å². The summed E-state index contributed by atoms with van der Waals surface area (Å²) in [7, 11) is 0. The maximum atomic E-state index is 5.04. The number of aromatic nitrogens is 2. The first-order valence-electron chi connectivity index (χ1n) is 9.66. The molecule has 1 aliphatic heterocycles. The van der Waals surface area contributed by atoms with E-state index in [1.807, 2.05) is 0 Å². The molecule has 0 N–H and O–H groups in total. The van der Waals surface area contributed by atoms with Crippen molar-refractivity contribution >= 4 is 27.0 Å². The molecule has 2 heterocycles. The van der Waals surface area contributed by atoms with Gasteiger partial charge in [-0.15, -0.1) is 0 Å². The van der Waals surface area contributed by atoms with Crippen molar-refractivity contribution in [1.82, 2.24) is 14.5 Å². The van der Waals surface area contributed by atoms with E-state index in [-0.39, 0.29) is 0 Å². The van der Waals surface area contributed by atoms with Gasteiger partial charge in [0.05, 0.1) is 17.1 Å². The van der Waals surface area contributed by atoms with Crippen LogP contribution in [0.2, 0.25) is 0 Å². The van der Waals surface area contributed by atoms with Crippen molar-refractivity contribution in [2.24, 2.45) is 0 Å². The fourth-order valence-corrected chi connectivity index (χ4v) is 4.26. The molecule has 1 fully saturated rings. The highest BCUT2D eigenvalue weighted by Crippen LogP contribution is 2.28. The molecule has 3 aromatic rings. The molecule has 0 bridgehead atoms. The van der Waals surface area contributed by atoms with E-state index in [2.05, 4.69) is 80.9 Å². The molecule has 0 saturated carbocycles. The lowest BCUT2D eigenvalue weighted by atomic mass is 10.2. The second-order valence-electron chi connectivity index (χ2n) is 7.30. The number of rotatable bonds is 4. The van der Waals surface area contributed by atoms with Gasteiger partial charge in [0.2, 0.25) is 0 Å². The number of para-hydroxylation sites is 2. The molecule has 0 amide bonds. The molecule has 4 rings (SSSR count). The van der Waals surface area contributed by atoms with Gasteiger partial charge in [-0.1, -0.05) is 53.0 Å². The largest absolute Gasteiger partial charge is 0.322 e. The van der Waals surface area contributed by atoms with Gasteiger partial charge < -0.3 is 4.57 Å². The van der Waals surface area contributed by atoms with Crippen LogP contribution in [-0.2, 0) is 6.54 Å². The third kappa shape index (κ3) is 3.72. The Morgan fingerprint density at radius 1 is 0.962 bits per heavy atom. The molecule has 1 aromatic heterocycles. The second kappa shape index (κ2) is 7.93. The number of benzene rings is 2. The summed E-state index contributed by atoms with van der Waals surface area (Å²) in [6.07, 6.45) is 5.33. The lowest BCUT2D eigenvalue weighted by molar-refractivity contribution is 0.208. The van der Waals surface area contributed by atoms with Crippen LogP contribution in [0.25, 0.3) is 11.0 Å². The van der Waals surface area contributed by atoms with Crippen molar-refractivity contribution in [2.45, 2.75) is 45.2 Å². The molecule has 3 nitrogen and oxygen atoms in total. The number of hydrogen-bond acceptors (Lipinski definition) is 2. The van der Waals surface area contributed by atoms with Crippen molar-refractivity contribution in [1.29, 1.82) is 0 Å². The van der Waals surface area contributed by atoms with Crippen LogP contribution in [0.4, 0.5) is 0 Å². The number of fused-ring (bicyclic) bond motifs is 1. The van der Waals surface area contributed by atoms with Crippen molar-refractivity contribution in [3.05, 3.63) is 64.4 Å². The van der Waals surface area contributed by atoms with E-state index in [1.54, 1.807) is 0 Å². The standard InChI is InChI=1S/C22H26BrN3/c1-17(25-14-6-2-3-7-15-25)22-24-20-8-4-5-9-21(20)26(22)16-18-10-12-19(23)13-11-18/h4-5,8-13,17H,2-3,6-7,14-16H2,1H3. The maximum absolute atomic E-state index is 5.04. The van der Waals surface area contributed by atoms with Gasteiger partial charge in [0.15, 0.2) is 0 Å². The highest BCUT2D eigenvalue weighted by molar-refractivity contribution is 9.10. The average molecular weight is 412 g/mol. The van der Waals surface area contributed by atoms with Crippen LogP contribution in [0.1, 0.15) is 50.0 Å². The summed E-state index contributed by atoms with van der Waals surface area (Å²) in [4.78, 5) is 7.66. The van der Waals surface area contributed by atoms with Gasteiger partial charge in [-0.3, -0.25) is 4.90 Å². The monoisotopic (exact) mass is 411 g/mol. The van der Waals surface area contributed by atoms with Crippen LogP contribution in [0, 0.1) is 0 Å². The predicted molar refractivity (Wildman–Crippen MR) is 111 cm³/mol. The van der Waals surface area contributed by atoms with Gasteiger partial charge in [0.1, 0.15) is 5.82 Å². The molecule has 1 atom stereocenters. The molecule has 1 aliphatic rings. The van der Waals surface area contributed by atoms with Crippen molar-refractivity contribution in [3.8, 4) is 0 Å². The Morgan fingerprint density at radius 2 is 1.65 bits per heavy atom. The summed E-state index contributed by atoms with van der Waals surface area (Å²) in [5.74, 6) is 1.19. The highest BCUT2D eigenvalue weighted by Gasteiger charge is 2.23. The zero-order valence-corrected chi connectivity index (χ0v) is 17.0. The SMILES string of the molecule is CC(c1nc2ccccc2n1Cc1ccc(Br)cc1)N1CCCCCC1. The third-order valence-corrected chi connectivity index (χ3v) is 6.03. The fraction of sp³-hybridized carbons (Fsp3) is 0.409. The normalized spacial score (nSPS) is 17.3. The lowest BCUT2D eigenvalue weighted by Crippen LogP contribution is -2.30. The van der Waals surface area contributed by atoms with Gasteiger partial charge >= 0.3 is 0 Å². The smallest absolute Gasteiger partial charge is 0.127 e. The summed E-state index contributed by atoms with van der Waals surface area (Å²) in [6, 6.07) is 17.5. The van der Waals surface area contributed by atoms with E-state index in [0.29, 0.717) is 6.04 Å². The Bertz CT molecular complexity index is 861. The number of halogens is 1. The summed E-state index contributed by atoms with van der Waals surface area (Å²) in [6.45, 7) is 5.55. The molecule has 26 heavy (non-hydrogen) atoms. The van der Waals surface area contributed by atoms with E-state index in [0.717, 1.165) is 16.5 Å². The number of imidazole rings is 1. The highest BCUT2D eigenvalue weighted by atomic mass is 79.9. The fourth-order valence-electron chi connectivity index (χ4n) is 4.00. The Kier molecular flexibility index (Phi) is 5.41. The minimum absolute atomic E-state index is 0.343. The molecule has 136 valence electrons. The first kappa shape index (κ1) is 17.7. The Morgan fingerprint density at radius 3 is 2.38 bits per heavy atom. The summed E-state index contributed by atoms with van der Waals surface area (Å²) >= 11 is 3.53. The zero-order chi connectivity index (χ0) is 17.9. The zero-order valence-electron chi connectivity index (χ0n) is 15.4. The maximum Gasteiger partial charge on any atom is 0.127 e. The van der Waals surface area contributed by atoms with Gasteiger partial charge in [-0.2, -0.15) is 0 Å². The molecule has 0 spiro atoms. The Hall–Kier alpha value is -1.65. The van der Waals surface area contributed by atoms with Crippen LogP contribution in [0.3, 0.4) is 0 Å². The second-order valence-corrected chi connectivity index (χ2v) is 8.21. The lowest BCUT2D eigenvalue weighted by Gasteiger charge is -2.27. The van der Waals surface area contributed by atoms with E-state index < -0.39 is 0 Å². The quantitative estimate of drug-likeness (QED) is 0.541. The third-order valence-electron chi connectivity index (χ3n) is 5.50. The summed E-state index contributed by atoms with van der Waals surface area (Å²) in [5, 5.41) is 0. The van der Waals surface area contributed by atoms with Crippen LogP contribution in [0.15, 0.2) is 53.0 Å². The van der Waals surface area contributed by atoms with Gasteiger partial charge in [-0.05, 0) is 62.7 Å². The van der Waals surface area contributed by atoms with Crippen molar-refractivity contribution in [2.75, 3.05) is 13.1 Å². The topological polar surface area (TPSA) is 21.1 Å². The number of hydrogen-bond donors (Lipinski definition) is 0. The molecule has 0 radical (unpaired) electrons. The Balaban J connectivity index is 1.72. The van der Waals surface area contributed by atoms with Gasteiger partial charge in [0.25, 0.3) is 0 Å². The number of nitrogens with zero attached hydrogens (tertiary/aromatic N) is 3. The Labute approximate surface area is 164 Å². The molecular weight excluding hydrogens is 386 g/mol. The van der Waals surface area contributed by atoms with Crippen molar-refractivity contribution < 1.29 is 0 Å². The van der Waals surface area contributed by atoms with Crippen LogP contribution >= 0.6 is 15.9 Å². The van der Waals surface area contributed by atoms with Crippen LogP contribution in [-0.4, -0.2) is 27.5 Å². The average Bonchev–Trinajstić information content (AvgIpc) is 2.83. The molecular formula is C22H26BrN3. The molecule has 1 unspecified atom stereocenters. The minimum atomic E-state index is 0.343. The first-order valence-corrected chi connectivity index (χ1v) is 10.5. The molecule has 2 aromatic carbocycles. The van der Waals surface area contributed by atoms with Crippen LogP contribution in [0.5, 0.6) is 0 Å². The minimum Gasteiger partial charge on any atom is -0.322 e. The summed E-state index contributed by atoms with van der Waals surface area (Å²) in [5.41, 5.74) is 3.63. The predicted octanol–water partition coefficient (Wildman–Crippen LogP) is 5.78. The van der Waals surface area contributed by atoms with E-state index in [4.69, 9.17) is 4.98 Å². The molecule has 1 saturated heterocycles. The molecule has 4 heteroatoms. The number of likely N-dealkylation sites (tertiary alicyclic amines) is 1. The van der Waals surface area contributed by atoms with Gasteiger partial charge in [0, 0.05) is 11.0 Å². The van der Waals surface area contributed by atoms with Crippen molar-refractivity contribution in [3.63, 3.8) is 0 Å². The van der Waals surface area contributed by atoms with Gasteiger partial charge in [-0.25, -0.2) is 4.98 Å². The molecule has 0 aliphatic carbocycles. The first-order chi connectivity index (χ1) is 12.7.